The standard InChI is InChI=1S/C16H30N4S.HI/c1-12(10-14-9-8-13(2)21-14)19-15(17-5)18-11-16(3,4)20(6)7;/h8-9,12H,10-11H2,1-7H3,(H2,17,18,19);1H. The summed E-state index contributed by atoms with van der Waals surface area (Å²) in [4.78, 5) is 9.31. The van der Waals surface area contributed by atoms with Gasteiger partial charge in [0.15, 0.2) is 5.96 Å². The Hall–Kier alpha value is -0.340. The van der Waals surface area contributed by atoms with E-state index in [1.54, 1.807) is 0 Å². The summed E-state index contributed by atoms with van der Waals surface area (Å²) in [5.41, 5.74) is 0.0890. The fourth-order valence-corrected chi connectivity index (χ4v) is 2.85. The van der Waals surface area contributed by atoms with Crippen LogP contribution in [0, 0.1) is 6.92 Å². The lowest BCUT2D eigenvalue weighted by atomic mass is 10.0. The Morgan fingerprint density at radius 1 is 1.36 bits per heavy atom. The Balaban J connectivity index is 0.00000441. The molecular formula is C16H31IN4S. The number of hydrogen-bond donors (Lipinski definition) is 2. The van der Waals surface area contributed by atoms with E-state index in [-0.39, 0.29) is 29.5 Å². The molecule has 4 nitrogen and oxygen atoms in total. The van der Waals surface area contributed by atoms with E-state index in [2.05, 4.69) is 74.4 Å². The predicted octanol–water partition coefficient (Wildman–Crippen LogP) is 3.11. The SMILES string of the molecule is CN=C(NCC(C)(C)N(C)C)NC(C)Cc1ccc(C)s1.I. The van der Waals surface area contributed by atoms with Crippen molar-refractivity contribution < 1.29 is 0 Å². The lowest BCUT2D eigenvalue weighted by Crippen LogP contribution is -2.52. The molecule has 0 aliphatic heterocycles. The van der Waals surface area contributed by atoms with Gasteiger partial charge in [0.2, 0.25) is 0 Å². The molecule has 128 valence electrons. The zero-order valence-electron chi connectivity index (χ0n) is 14.9. The number of nitrogens with zero attached hydrogens (tertiary/aromatic N) is 2. The molecule has 22 heavy (non-hydrogen) atoms. The van der Waals surface area contributed by atoms with Crippen LogP contribution in [-0.4, -0.2) is 50.1 Å². The van der Waals surface area contributed by atoms with Gasteiger partial charge in [0.25, 0.3) is 0 Å². The number of guanidine groups is 1. The molecule has 2 N–H and O–H groups in total. The minimum atomic E-state index is 0. The molecular weight excluding hydrogens is 407 g/mol. The van der Waals surface area contributed by atoms with E-state index >= 15 is 0 Å². The van der Waals surface area contributed by atoms with Crippen molar-refractivity contribution in [3.05, 3.63) is 21.9 Å². The van der Waals surface area contributed by atoms with Gasteiger partial charge in [-0.1, -0.05) is 0 Å². The van der Waals surface area contributed by atoms with Crippen molar-refractivity contribution >= 4 is 41.3 Å². The Morgan fingerprint density at radius 3 is 2.45 bits per heavy atom. The molecule has 1 rings (SSSR count). The molecule has 0 bridgehead atoms. The van der Waals surface area contributed by atoms with Gasteiger partial charge in [0.05, 0.1) is 0 Å². The van der Waals surface area contributed by atoms with Crippen LogP contribution in [0.3, 0.4) is 0 Å². The summed E-state index contributed by atoms with van der Waals surface area (Å²) in [6, 6.07) is 4.75. The summed E-state index contributed by atoms with van der Waals surface area (Å²) in [5, 5.41) is 6.88. The predicted molar refractivity (Wildman–Crippen MR) is 110 cm³/mol. The summed E-state index contributed by atoms with van der Waals surface area (Å²) < 4.78 is 0. The van der Waals surface area contributed by atoms with Crippen LogP contribution in [0.1, 0.15) is 30.5 Å². The maximum Gasteiger partial charge on any atom is 0.191 e. The molecule has 0 saturated heterocycles. The molecule has 0 aliphatic carbocycles. The second-order valence-electron chi connectivity index (χ2n) is 6.39. The maximum atomic E-state index is 4.32. The second kappa shape index (κ2) is 9.72. The third kappa shape index (κ3) is 7.28. The highest BCUT2D eigenvalue weighted by Crippen LogP contribution is 2.16. The fourth-order valence-electron chi connectivity index (χ4n) is 1.83. The highest BCUT2D eigenvalue weighted by atomic mass is 127. The lowest BCUT2D eigenvalue weighted by Gasteiger charge is -2.33. The van der Waals surface area contributed by atoms with E-state index in [9.17, 15) is 0 Å². The minimum absolute atomic E-state index is 0. The molecule has 0 aliphatic rings. The molecule has 0 aromatic carbocycles. The molecule has 1 aromatic rings. The number of rotatable bonds is 6. The maximum absolute atomic E-state index is 4.32. The fraction of sp³-hybridized carbons (Fsp3) is 0.688. The lowest BCUT2D eigenvalue weighted by molar-refractivity contribution is 0.197. The first-order valence-electron chi connectivity index (χ1n) is 7.44. The largest absolute Gasteiger partial charge is 0.355 e. The average molecular weight is 438 g/mol. The number of halogens is 1. The van der Waals surface area contributed by atoms with Gasteiger partial charge in [-0.05, 0) is 53.9 Å². The number of thiophene rings is 1. The summed E-state index contributed by atoms with van der Waals surface area (Å²) >= 11 is 1.87. The summed E-state index contributed by atoms with van der Waals surface area (Å²) in [7, 11) is 6.01. The highest BCUT2D eigenvalue weighted by Gasteiger charge is 2.20. The van der Waals surface area contributed by atoms with E-state index < -0.39 is 0 Å². The molecule has 6 heteroatoms. The zero-order chi connectivity index (χ0) is 16.0. The first-order chi connectivity index (χ1) is 9.74. The summed E-state index contributed by atoms with van der Waals surface area (Å²) in [6.45, 7) is 9.62. The number of aliphatic imine (C=N–C) groups is 1. The third-order valence-electron chi connectivity index (χ3n) is 3.81. The smallest absolute Gasteiger partial charge is 0.191 e. The Bertz CT molecular complexity index is 468. The van der Waals surface area contributed by atoms with E-state index in [0.29, 0.717) is 6.04 Å². The van der Waals surface area contributed by atoms with Gasteiger partial charge in [-0.25, -0.2) is 0 Å². The zero-order valence-corrected chi connectivity index (χ0v) is 18.0. The number of hydrogen-bond acceptors (Lipinski definition) is 3. The van der Waals surface area contributed by atoms with Crippen molar-refractivity contribution in [2.75, 3.05) is 27.7 Å². The van der Waals surface area contributed by atoms with E-state index in [4.69, 9.17) is 0 Å². The highest BCUT2D eigenvalue weighted by molar-refractivity contribution is 14.0. The van der Waals surface area contributed by atoms with Crippen molar-refractivity contribution in [3.8, 4) is 0 Å². The Labute approximate surface area is 156 Å². The molecule has 0 fully saturated rings. The normalized spacial score (nSPS) is 13.7. The van der Waals surface area contributed by atoms with Crippen molar-refractivity contribution in [2.24, 2.45) is 4.99 Å². The molecule has 0 amide bonds. The van der Waals surface area contributed by atoms with Gasteiger partial charge in [-0.15, -0.1) is 35.3 Å². The van der Waals surface area contributed by atoms with Crippen molar-refractivity contribution in [1.82, 2.24) is 15.5 Å². The van der Waals surface area contributed by atoms with Gasteiger partial charge in [-0.3, -0.25) is 4.99 Å². The van der Waals surface area contributed by atoms with E-state index in [0.717, 1.165) is 18.9 Å². The number of aryl methyl sites for hydroxylation is 1. The van der Waals surface area contributed by atoms with Gasteiger partial charge < -0.3 is 15.5 Å². The first-order valence-corrected chi connectivity index (χ1v) is 8.26. The van der Waals surface area contributed by atoms with Crippen LogP contribution in [0.5, 0.6) is 0 Å². The van der Waals surface area contributed by atoms with Gasteiger partial charge in [0.1, 0.15) is 0 Å². The topological polar surface area (TPSA) is 39.7 Å². The molecule has 1 unspecified atom stereocenters. The van der Waals surface area contributed by atoms with Crippen LogP contribution in [0.2, 0.25) is 0 Å². The van der Waals surface area contributed by atoms with Gasteiger partial charge in [-0.2, -0.15) is 0 Å². The second-order valence-corrected chi connectivity index (χ2v) is 7.77. The van der Waals surface area contributed by atoms with Crippen molar-refractivity contribution in [1.29, 1.82) is 0 Å². The average Bonchev–Trinajstić information content (AvgIpc) is 2.79. The Morgan fingerprint density at radius 2 is 2.00 bits per heavy atom. The molecule has 0 saturated carbocycles. The number of likely N-dealkylation sites (N-methyl/N-ethyl adjacent to an activating group) is 1. The molecule has 0 radical (unpaired) electrons. The van der Waals surface area contributed by atoms with Gasteiger partial charge in [0, 0.05) is 41.3 Å². The van der Waals surface area contributed by atoms with Crippen LogP contribution in [0.25, 0.3) is 0 Å². The summed E-state index contributed by atoms with van der Waals surface area (Å²) in [5.74, 6) is 0.866. The van der Waals surface area contributed by atoms with Crippen LogP contribution in [0.4, 0.5) is 0 Å². The molecule has 1 atom stereocenters. The molecule has 0 spiro atoms. The van der Waals surface area contributed by atoms with Crippen molar-refractivity contribution in [2.45, 2.75) is 45.7 Å². The van der Waals surface area contributed by atoms with Crippen LogP contribution >= 0.6 is 35.3 Å². The minimum Gasteiger partial charge on any atom is -0.355 e. The third-order valence-corrected chi connectivity index (χ3v) is 4.83. The molecule has 1 aromatic heterocycles. The molecule has 1 heterocycles. The van der Waals surface area contributed by atoms with Crippen LogP contribution < -0.4 is 10.6 Å². The van der Waals surface area contributed by atoms with Crippen LogP contribution in [-0.2, 0) is 6.42 Å². The first kappa shape index (κ1) is 21.7. The Kier molecular flexibility index (Phi) is 9.57. The van der Waals surface area contributed by atoms with E-state index in [1.807, 2.05) is 18.4 Å². The monoisotopic (exact) mass is 438 g/mol. The van der Waals surface area contributed by atoms with Gasteiger partial charge >= 0.3 is 0 Å². The van der Waals surface area contributed by atoms with Crippen molar-refractivity contribution in [3.63, 3.8) is 0 Å². The van der Waals surface area contributed by atoms with Crippen LogP contribution in [0.15, 0.2) is 17.1 Å². The quantitative estimate of drug-likeness (QED) is 0.408. The summed E-state index contributed by atoms with van der Waals surface area (Å²) in [6.07, 6.45) is 1.02. The number of nitrogens with one attached hydrogen (secondary N) is 2. The van der Waals surface area contributed by atoms with E-state index in [1.165, 1.54) is 9.75 Å².